The van der Waals surface area contributed by atoms with Crippen molar-refractivity contribution in [2.75, 3.05) is 13.1 Å². The van der Waals surface area contributed by atoms with Crippen molar-refractivity contribution in [1.29, 1.82) is 0 Å². The van der Waals surface area contributed by atoms with Crippen LogP contribution in [-0.4, -0.2) is 33.9 Å². The molecule has 6 heteroatoms. The van der Waals surface area contributed by atoms with Crippen molar-refractivity contribution in [2.45, 2.75) is 31.7 Å². The van der Waals surface area contributed by atoms with Gasteiger partial charge in [0.1, 0.15) is 0 Å². The van der Waals surface area contributed by atoms with E-state index in [-0.39, 0.29) is 6.42 Å². The first-order valence-electron chi connectivity index (χ1n) is 7.53. The smallest absolute Gasteiger partial charge is 0.254 e. The molecule has 0 N–H and O–H groups in total. The van der Waals surface area contributed by atoms with Crippen molar-refractivity contribution in [3.63, 3.8) is 0 Å². The van der Waals surface area contributed by atoms with Gasteiger partial charge in [-0.05, 0) is 37.4 Å². The highest BCUT2D eigenvalue weighted by Gasteiger charge is 2.70. The van der Waals surface area contributed by atoms with E-state index in [0.29, 0.717) is 12.8 Å². The maximum absolute atomic E-state index is 13.4. The van der Waals surface area contributed by atoms with Crippen LogP contribution in [0, 0.1) is 5.41 Å². The minimum atomic E-state index is -2.41. The summed E-state index contributed by atoms with van der Waals surface area (Å²) in [5.41, 5.74) is 0.363. The lowest BCUT2D eigenvalue weighted by Gasteiger charge is -2.32. The van der Waals surface area contributed by atoms with Gasteiger partial charge >= 0.3 is 0 Å². The minimum Gasteiger partial charge on any atom is -0.299 e. The maximum Gasteiger partial charge on any atom is 0.254 e. The number of alkyl halides is 2. The molecule has 1 spiro atoms. The van der Waals surface area contributed by atoms with Crippen LogP contribution in [0.2, 0.25) is 0 Å². The van der Waals surface area contributed by atoms with Gasteiger partial charge in [0.2, 0.25) is 0 Å². The maximum atomic E-state index is 13.4. The normalized spacial score (nSPS) is 22.8. The second-order valence-corrected chi connectivity index (χ2v) is 7.28. The summed E-state index contributed by atoms with van der Waals surface area (Å²) in [4.78, 5) is 12.1. The van der Waals surface area contributed by atoms with E-state index in [1.54, 1.807) is 11.3 Å². The number of likely N-dealkylation sites (tertiary alicyclic amines) is 1. The fourth-order valence-electron chi connectivity index (χ4n) is 3.29. The van der Waals surface area contributed by atoms with Crippen LogP contribution in [0.3, 0.4) is 0 Å². The van der Waals surface area contributed by atoms with Gasteiger partial charge in [-0.2, -0.15) is 0 Å². The molecule has 4 rings (SSSR count). The second-order valence-electron chi connectivity index (χ2n) is 6.33. The van der Waals surface area contributed by atoms with E-state index in [1.165, 1.54) is 0 Å². The number of rotatable bonds is 3. The number of hydrogen-bond acceptors (Lipinski definition) is 4. The molecule has 0 bridgehead atoms. The Morgan fingerprint density at radius 1 is 1.18 bits per heavy atom. The molecule has 0 unspecified atom stereocenters. The zero-order chi connectivity index (χ0) is 15.2. The zero-order valence-electron chi connectivity index (χ0n) is 12.1. The summed E-state index contributed by atoms with van der Waals surface area (Å²) >= 11 is 1.62. The lowest BCUT2D eigenvalue weighted by molar-refractivity contribution is 0.0299. The third-order valence-corrected chi connectivity index (χ3v) is 5.74. The Bertz CT molecular complexity index is 647. The van der Waals surface area contributed by atoms with Crippen LogP contribution >= 0.6 is 11.3 Å². The Morgan fingerprint density at radius 3 is 2.41 bits per heavy atom. The molecule has 0 aromatic carbocycles. The van der Waals surface area contributed by atoms with Crippen LogP contribution < -0.4 is 0 Å². The molecular formula is C16H17F2N3S. The van der Waals surface area contributed by atoms with Gasteiger partial charge in [0, 0.05) is 36.3 Å². The standard InChI is InChI=1S/C16H17F2N3S/c17-16(18)11-15(16)3-5-21(6-4-15)10-12-8-19-14(20-9-12)13-2-1-7-22-13/h1-2,7-9H,3-6,10-11H2. The van der Waals surface area contributed by atoms with Crippen LogP contribution in [0.1, 0.15) is 24.8 Å². The van der Waals surface area contributed by atoms with Crippen molar-refractivity contribution in [3.05, 3.63) is 35.5 Å². The number of halogens is 2. The molecule has 1 saturated carbocycles. The predicted octanol–water partition coefficient (Wildman–Crippen LogP) is 3.83. The van der Waals surface area contributed by atoms with Crippen LogP contribution in [-0.2, 0) is 6.54 Å². The molecular weight excluding hydrogens is 304 g/mol. The van der Waals surface area contributed by atoms with Crippen LogP contribution in [0.4, 0.5) is 8.78 Å². The Balaban J connectivity index is 1.36. The molecule has 2 aliphatic rings. The summed E-state index contributed by atoms with van der Waals surface area (Å²) < 4.78 is 26.7. The quantitative estimate of drug-likeness (QED) is 0.860. The lowest BCUT2D eigenvalue weighted by atomic mass is 9.93. The first kappa shape index (κ1) is 14.2. The van der Waals surface area contributed by atoms with Crippen LogP contribution in [0.5, 0.6) is 0 Å². The predicted molar refractivity (Wildman–Crippen MR) is 81.9 cm³/mol. The van der Waals surface area contributed by atoms with Gasteiger partial charge in [-0.3, -0.25) is 4.90 Å². The fourth-order valence-corrected chi connectivity index (χ4v) is 3.96. The van der Waals surface area contributed by atoms with Crippen molar-refractivity contribution in [3.8, 4) is 10.7 Å². The van der Waals surface area contributed by atoms with E-state index in [0.717, 1.165) is 35.9 Å². The summed E-state index contributed by atoms with van der Waals surface area (Å²) in [5.74, 6) is -1.67. The van der Waals surface area contributed by atoms with Gasteiger partial charge in [-0.1, -0.05) is 6.07 Å². The van der Waals surface area contributed by atoms with Crippen molar-refractivity contribution < 1.29 is 8.78 Å². The molecule has 1 aliphatic carbocycles. The summed E-state index contributed by atoms with van der Waals surface area (Å²) in [7, 11) is 0. The van der Waals surface area contributed by atoms with E-state index in [1.807, 2.05) is 29.9 Å². The number of piperidine rings is 1. The molecule has 116 valence electrons. The number of hydrogen-bond donors (Lipinski definition) is 0. The molecule has 2 aromatic rings. The second kappa shape index (κ2) is 5.06. The third kappa shape index (κ3) is 2.44. The van der Waals surface area contributed by atoms with Gasteiger partial charge in [-0.25, -0.2) is 18.7 Å². The molecule has 0 atom stereocenters. The van der Waals surface area contributed by atoms with E-state index < -0.39 is 11.3 Å². The van der Waals surface area contributed by atoms with Gasteiger partial charge in [0.25, 0.3) is 5.92 Å². The monoisotopic (exact) mass is 321 g/mol. The van der Waals surface area contributed by atoms with Crippen LogP contribution in [0.15, 0.2) is 29.9 Å². The third-order valence-electron chi connectivity index (χ3n) is 4.88. The van der Waals surface area contributed by atoms with Crippen molar-refractivity contribution in [1.82, 2.24) is 14.9 Å². The summed E-state index contributed by atoms with van der Waals surface area (Å²) in [6.07, 6.45) is 4.99. The van der Waals surface area contributed by atoms with E-state index >= 15 is 0 Å². The zero-order valence-corrected chi connectivity index (χ0v) is 13.0. The van der Waals surface area contributed by atoms with Crippen molar-refractivity contribution >= 4 is 11.3 Å². The Morgan fingerprint density at radius 2 is 1.86 bits per heavy atom. The first-order valence-corrected chi connectivity index (χ1v) is 8.41. The fraction of sp³-hybridized carbons (Fsp3) is 0.500. The summed E-state index contributed by atoms with van der Waals surface area (Å²) in [6, 6.07) is 3.98. The van der Waals surface area contributed by atoms with Gasteiger partial charge in [0.15, 0.2) is 5.82 Å². The molecule has 0 amide bonds. The SMILES string of the molecule is FC1(F)CC12CCN(Cc1cnc(-c3cccs3)nc1)CC2. The van der Waals surface area contributed by atoms with E-state index in [2.05, 4.69) is 14.9 Å². The Labute approximate surface area is 132 Å². The molecule has 1 aliphatic heterocycles. The average molecular weight is 321 g/mol. The molecule has 1 saturated heterocycles. The molecule has 3 heterocycles. The van der Waals surface area contributed by atoms with E-state index in [4.69, 9.17) is 0 Å². The topological polar surface area (TPSA) is 29.0 Å². The highest BCUT2D eigenvalue weighted by molar-refractivity contribution is 7.13. The summed E-state index contributed by atoms with van der Waals surface area (Å²) in [6.45, 7) is 2.22. The summed E-state index contributed by atoms with van der Waals surface area (Å²) in [5, 5.41) is 2.00. The number of aromatic nitrogens is 2. The van der Waals surface area contributed by atoms with Crippen molar-refractivity contribution in [2.24, 2.45) is 5.41 Å². The average Bonchev–Trinajstić information content (AvgIpc) is 2.90. The minimum absolute atomic E-state index is 0.0897. The van der Waals surface area contributed by atoms with Crippen LogP contribution in [0.25, 0.3) is 10.7 Å². The highest BCUT2D eigenvalue weighted by atomic mass is 32.1. The van der Waals surface area contributed by atoms with Gasteiger partial charge in [-0.15, -0.1) is 11.3 Å². The number of thiophene rings is 1. The Hall–Kier alpha value is -1.40. The van der Waals surface area contributed by atoms with Gasteiger partial charge < -0.3 is 0 Å². The molecule has 0 radical (unpaired) electrons. The first-order chi connectivity index (χ1) is 10.6. The largest absolute Gasteiger partial charge is 0.299 e. The van der Waals surface area contributed by atoms with Gasteiger partial charge in [0.05, 0.1) is 4.88 Å². The number of nitrogens with zero attached hydrogens (tertiary/aromatic N) is 3. The molecule has 2 aromatic heterocycles. The molecule has 22 heavy (non-hydrogen) atoms. The highest BCUT2D eigenvalue weighted by Crippen LogP contribution is 2.65. The van der Waals surface area contributed by atoms with E-state index in [9.17, 15) is 8.78 Å². The molecule has 2 fully saturated rings. The molecule has 3 nitrogen and oxygen atoms in total. The lowest BCUT2D eigenvalue weighted by Crippen LogP contribution is -2.36. The Kier molecular flexibility index (Phi) is 3.27.